The van der Waals surface area contributed by atoms with Gasteiger partial charge in [0.2, 0.25) is 5.95 Å². The number of nitrogens with one attached hydrogen (secondary N) is 1. The van der Waals surface area contributed by atoms with Gasteiger partial charge in [-0.1, -0.05) is 0 Å². The van der Waals surface area contributed by atoms with Crippen molar-refractivity contribution >= 4 is 17.9 Å². The summed E-state index contributed by atoms with van der Waals surface area (Å²) in [6.45, 7) is 6.95. The minimum Gasteiger partial charge on any atom is -0.444 e. The molecule has 28 heavy (non-hydrogen) atoms. The van der Waals surface area contributed by atoms with E-state index < -0.39 is 5.60 Å². The normalized spacial score (nSPS) is 24.1. The van der Waals surface area contributed by atoms with Crippen molar-refractivity contribution in [3.8, 4) is 0 Å². The first-order chi connectivity index (χ1) is 13.2. The molecule has 0 spiro atoms. The molecule has 1 aromatic rings. The van der Waals surface area contributed by atoms with Crippen LogP contribution in [0.2, 0.25) is 0 Å². The van der Waals surface area contributed by atoms with E-state index in [2.05, 4.69) is 15.3 Å². The van der Waals surface area contributed by atoms with Crippen LogP contribution in [0.4, 0.5) is 16.6 Å². The predicted octanol–water partition coefficient (Wildman–Crippen LogP) is 2.89. The number of nitrogens with zero attached hydrogens (tertiary/aromatic N) is 3. The van der Waals surface area contributed by atoms with Gasteiger partial charge in [0.25, 0.3) is 0 Å². The second kappa shape index (κ2) is 8.51. The molecule has 8 nitrogen and oxygen atoms in total. The van der Waals surface area contributed by atoms with Crippen LogP contribution in [0.25, 0.3) is 0 Å². The minimum absolute atomic E-state index is 0.190. The Morgan fingerprint density at radius 3 is 2.46 bits per heavy atom. The smallest absolute Gasteiger partial charge is 0.410 e. The van der Waals surface area contributed by atoms with Gasteiger partial charge in [0.15, 0.2) is 0 Å². The van der Waals surface area contributed by atoms with E-state index in [1.165, 1.54) is 0 Å². The first-order valence-corrected chi connectivity index (χ1v) is 10.3. The van der Waals surface area contributed by atoms with Gasteiger partial charge in [-0.15, -0.1) is 0 Å². The maximum Gasteiger partial charge on any atom is 0.410 e. The van der Waals surface area contributed by atoms with Crippen LogP contribution in [-0.2, 0) is 4.74 Å². The topological polar surface area (TPSA) is 114 Å². The van der Waals surface area contributed by atoms with Gasteiger partial charge in [0, 0.05) is 30.9 Å². The van der Waals surface area contributed by atoms with E-state index in [9.17, 15) is 9.90 Å². The van der Waals surface area contributed by atoms with Crippen LogP contribution < -0.4 is 11.1 Å². The molecule has 4 N–H and O–H groups in total. The zero-order chi connectivity index (χ0) is 20.3. The van der Waals surface area contributed by atoms with Gasteiger partial charge in [-0.25, -0.2) is 9.78 Å². The lowest BCUT2D eigenvalue weighted by Crippen LogP contribution is -2.41. The van der Waals surface area contributed by atoms with Gasteiger partial charge < -0.3 is 25.8 Å². The lowest BCUT2D eigenvalue weighted by molar-refractivity contribution is 0.0205. The van der Waals surface area contributed by atoms with Crippen molar-refractivity contribution in [2.75, 3.05) is 24.1 Å². The fourth-order valence-electron chi connectivity index (χ4n) is 3.93. The number of hydrogen-bond acceptors (Lipinski definition) is 7. The van der Waals surface area contributed by atoms with E-state index in [0.29, 0.717) is 19.1 Å². The molecule has 156 valence electrons. The van der Waals surface area contributed by atoms with Crippen molar-refractivity contribution in [1.82, 2.24) is 14.9 Å². The summed E-state index contributed by atoms with van der Waals surface area (Å²) >= 11 is 0. The Bertz CT molecular complexity index is 675. The molecule has 3 rings (SSSR count). The zero-order valence-corrected chi connectivity index (χ0v) is 17.1. The summed E-state index contributed by atoms with van der Waals surface area (Å²) < 4.78 is 5.48. The zero-order valence-electron chi connectivity index (χ0n) is 17.1. The van der Waals surface area contributed by atoms with E-state index in [1.807, 2.05) is 27.0 Å². The molecule has 1 aromatic heterocycles. The highest BCUT2D eigenvalue weighted by Gasteiger charge is 2.30. The lowest BCUT2D eigenvalue weighted by Gasteiger charge is -2.34. The van der Waals surface area contributed by atoms with Crippen LogP contribution in [0, 0.1) is 0 Å². The number of aliphatic hydroxyl groups is 1. The molecule has 8 heteroatoms. The minimum atomic E-state index is -0.483. The first-order valence-electron chi connectivity index (χ1n) is 10.3. The third-order valence-electron chi connectivity index (χ3n) is 5.46. The van der Waals surface area contributed by atoms with E-state index in [4.69, 9.17) is 10.5 Å². The molecular formula is C20H33N5O3. The molecule has 2 heterocycles. The van der Waals surface area contributed by atoms with Gasteiger partial charge in [-0.3, -0.25) is 0 Å². The van der Waals surface area contributed by atoms with E-state index in [0.717, 1.165) is 49.9 Å². The molecule has 0 unspecified atom stereocenters. The molecule has 1 saturated carbocycles. The maximum absolute atomic E-state index is 12.3. The number of carbonyl (C=O) groups is 1. The van der Waals surface area contributed by atoms with Crippen LogP contribution in [0.1, 0.15) is 70.8 Å². The van der Waals surface area contributed by atoms with E-state index in [1.54, 1.807) is 4.90 Å². The average Bonchev–Trinajstić information content (AvgIpc) is 2.63. The summed E-state index contributed by atoms with van der Waals surface area (Å²) in [6, 6.07) is 0.290. The van der Waals surface area contributed by atoms with Crippen LogP contribution in [0.5, 0.6) is 0 Å². The molecule has 2 aliphatic rings. The number of aliphatic hydroxyl groups excluding tert-OH is 1. The van der Waals surface area contributed by atoms with Gasteiger partial charge in [-0.2, -0.15) is 4.98 Å². The fraction of sp³-hybridized carbons (Fsp3) is 0.750. The number of aromatic nitrogens is 2. The van der Waals surface area contributed by atoms with Gasteiger partial charge >= 0.3 is 6.09 Å². The second-order valence-corrected chi connectivity index (χ2v) is 8.92. The van der Waals surface area contributed by atoms with Crippen molar-refractivity contribution in [2.24, 2.45) is 0 Å². The number of anilines is 2. The Balaban J connectivity index is 1.63. The molecular weight excluding hydrogens is 358 g/mol. The number of likely N-dealkylation sites (tertiary alicyclic amines) is 1. The van der Waals surface area contributed by atoms with Crippen molar-refractivity contribution in [3.05, 3.63) is 11.8 Å². The van der Waals surface area contributed by atoms with E-state index in [-0.39, 0.29) is 24.1 Å². The largest absolute Gasteiger partial charge is 0.444 e. The summed E-state index contributed by atoms with van der Waals surface area (Å²) in [5, 5.41) is 13.2. The molecule has 1 aliphatic heterocycles. The number of ether oxygens (including phenoxy) is 1. The van der Waals surface area contributed by atoms with Crippen molar-refractivity contribution in [2.45, 2.75) is 83.0 Å². The number of hydrogen-bond donors (Lipinski definition) is 3. The molecule has 0 atom stereocenters. The summed E-state index contributed by atoms with van der Waals surface area (Å²) in [4.78, 5) is 22.7. The molecule has 1 amide bonds. The Labute approximate surface area is 166 Å². The predicted molar refractivity (Wildman–Crippen MR) is 108 cm³/mol. The average molecular weight is 392 g/mol. The van der Waals surface area contributed by atoms with Gasteiger partial charge in [-0.05, 0) is 65.2 Å². The van der Waals surface area contributed by atoms with Crippen LogP contribution in [-0.4, -0.2) is 56.9 Å². The summed E-state index contributed by atoms with van der Waals surface area (Å²) in [5.74, 6) is 1.33. The molecule has 0 bridgehead atoms. The highest BCUT2D eigenvalue weighted by molar-refractivity contribution is 5.68. The number of rotatable bonds is 3. The Kier molecular flexibility index (Phi) is 6.27. The molecule has 0 radical (unpaired) electrons. The fourth-order valence-corrected chi connectivity index (χ4v) is 3.93. The molecule has 2 fully saturated rings. The summed E-state index contributed by atoms with van der Waals surface area (Å²) in [7, 11) is 0. The Hall–Kier alpha value is -2.09. The Morgan fingerprint density at radius 2 is 1.86 bits per heavy atom. The van der Waals surface area contributed by atoms with Crippen molar-refractivity contribution < 1.29 is 14.6 Å². The van der Waals surface area contributed by atoms with Crippen LogP contribution in [0.3, 0.4) is 0 Å². The number of piperidine rings is 1. The SMILES string of the molecule is CC(C)(C)OC(=O)N1CCC(c2cnc(N)nc2NC2CCC(O)CC2)CC1. The lowest BCUT2D eigenvalue weighted by atomic mass is 9.89. The van der Waals surface area contributed by atoms with Gasteiger partial charge in [0.1, 0.15) is 11.4 Å². The second-order valence-electron chi connectivity index (χ2n) is 8.92. The van der Waals surface area contributed by atoms with Crippen molar-refractivity contribution in [1.29, 1.82) is 0 Å². The van der Waals surface area contributed by atoms with Crippen molar-refractivity contribution in [3.63, 3.8) is 0 Å². The summed E-state index contributed by atoms with van der Waals surface area (Å²) in [6.07, 6.45) is 6.50. The number of amides is 1. The number of nitrogen functional groups attached to an aromatic ring is 1. The van der Waals surface area contributed by atoms with Crippen LogP contribution >= 0.6 is 0 Å². The van der Waals surface area contributed by atoms with Crippen LogP contribution in [0.15, 0.2) is 6.20 Å². The number of carbonyl (C=O) groups excluding carboxylic acids is 1. The highest BCUT2D eigenvalue weighted by Crippen LogP contribution is 2.33. The monoisotopic (exact) mass is 391 g/mol. The quantitative estimate of drug-likeness (QED) is 0.726. The standard InChI is InChI=1S/C20H33N5O3/c1-20(2,3)28-19(27)25-10-8-13(9-11-25)16-12-22-18(21)24-17(16)23-14-4-6-15(26)7-5-14/h12-15,26H,4-11H2,1-3H3,(H3,21,22,23,24). The van der Waals surface area contributed by atoms with E-state index >= 15 is 0 Å². The van der Waals surface area contributed by atoms with Gasteiger partial charge in [0.05, 0.1) is 6.10 Å². The molecule has 1 saturated heterocycles. The highest BCUT2D eigenvalue weighted by atomic mass is 16.6. The Morgan fingerprint density at radius 1 is 1.21 bits per heavy atom. The maximum atomic E-state index is 12.3. The molecule has 0 aromatic carbocycles. The first kappa shape index (κ1) is 20.6. The number of nitrogens with two attached hydrogens (primary N) is 1. The molecule has 1 aliphatic carbocycles. The third-order valence-corrected chi connectivity index (χ3v) is 5.46. The third kappa shape index (κ3) is 5.47. The summed E-state index contributed by atoms with van der Waals surface area (Å²) in [5.41, 5.74) is 6.41.